The van der Waals surface area contributed by atoms with Gasteiger partial charge >= 0.3 is 5.97 Å². The van der Waals surface area contributed by atoms with Gasteiger partial charge in [0.1, 0.15) is 0 Å². The van der Waals surface area contributed by atoms with E-state index in [1.54, 1.807) is 6.92 Å². The van der Waals surface area contributed by atoms with Crippen LogP contribution >= 0.6 is 0 Å². The van der Waals surface area contributed by atoms with Gasteiger partial charge in [0.05, 0.1) is 13.2 Å². The van der Waals surface area contributed by atoms with E-state index in [1.807, 2.05) is 0 Å². The summed E-state index contributed by atoms with van der Waals surface area (Å²) in [6, 6.07) is 0. The average molecular weight is 113 g/mol. The molecule has 0 spiro atoms. The Labute approximate surface area is 49.8 Å². The summed E-state index contributed by atoms with van der Waals surface area (Å²) < 4.78 is 4.50. The quantitative estimate of drug-likeness (QED) is 0.385. The highest BCUT2D eigenvalue weighted by Gasteiger charge is 1.94. The van der Waals surface area contributed by atoms with Crippen LogP contribution in [0.5, 0.6) is 0 Å². The van der Waals surface area contributed by atoms with Gasteiger partial charge in [0.2, 0.25) is 0 Å². The molecule has 0 saturated heterocycles. The van der Waals surface area contributed by atoms with Crippen molar-refractivity contribution in [2.75, 3.05) is 13.2 Å². The van der Waals surface area contributed by atoms with Crippen LogP contribution in [0, 0.1) is 0 Å². The van der Waals surface area contributed by atoms with Crippen molar-refractivity contribution in [1.29, 1.82) is 0 Å². The molecule has 44 valence electrons. The lowest BCUT2D eigenvalue weighted by atomic mass is 10.4. The fourth-order valence-corrected chi connectivity index (χ4v) is 0.295. The molecule has 0 atom stereocenters. The number of ether oxygens (including phenoxy) is 1. The Morgan fingerprint density at radius 2 is 2.50 bits per heavy atom. The van der Waals surface area contributed by atoms with E-state index in [-0.39, 0.29) is 12.5 Å². The molecular weight excluding hydrogens is 105 g/mol. The van der Waals surface area contributed by atoms with Gasteiger partial charge in [-0.15, -0.1) is 0 Å². The molecule has 0 bridgehead atoms. The number of nitrogens with one attached hydrogen (secondary N) is 1. The first-order valence-electron chi connectivity index (χ1n) is 2.40. The molecule has 1 N–H and O–H groups in total. The lowest BCUT2D eigenvalue weighted by Gasteiger charge is -1.97. The van der Waals surface area contributed by atoms with Gasteiger partial charge in [-0.2, -0.15) is 0 Å². The summed E-state index contributed by atoms with van der Waals surface area (Å²) in [6.45, 7) is 2.22. The average Bonchev–Trinajstić information content (AvgIpc) is 1.68. The third-order valence-corrected chi connectivity index (χ3v) is 0.552. The highest BCUT2D eigenvalue weighted by atomic mass is 16.5. The summed E-state index contributed by atoms with van der Waals surface area (Å²) in [5, 5.41) is 2.18. The Morgan fingerprint density at radius 3 is 2.88 bits per heavy atom. The number of hydrogen-bond donors (Lipinski definition) is 1. The molecule has 0 fully saturated rings. The fourth-order valence-electron chi connectivity index (χ4n) is 0.295. The van der Waals surface area contributed by atoms with Gasteiger partial charge in [-0.05, 0) is 6.92 Å². The first-order valence-corrected chi connectivity index (χ1v) is 2.40. The molecular formula is C4H8BNO2. The minimum absolute atomic E-state index is 0.0772. The Morgan fingerprint density at radius 1 is 1.88 bits per heavy atom. The van der Waals surface area contributed by atoms with Gasteiger partial charge in [0.15, 0.2) is 7.98 Å². The Kier molecular flexibility index (Phi) is 4.36. The zero-order chi connectivity index (χ0) is 6.41. The molecule has 0 amide bonds. The number of esters is 1. The van der Waals surface area contributed by atoms with Crippen LogP contribution in [0.25, 0.3) is 0 Å². The number of carbonyl (C=O) groups is 1. The van der Waals surface area contributed by atoms with E-state index in [0.29, 0.717) is 6.61 Å². The van der Waals surface area contributed by atoms with Gasteiger partial charge in [-0.25, -0.2) is 0 Å². The van der Waals surface area contributed by atoms with Crippen LogP contribution in [0.2, 0.25) is 0 Å². The van der Waals surface area contributed by atoms with Crippen LogP contribution in [0.1, 0.15) is 6.92 Å². The summed E-state index contributed by atoms with van der Waals surface area (Å²) in [5.41, 5.74) is 0. The lowest BCUT2D eigenvalue weighted by molar-refractivity contribution is -0.141. The van der Waals surface area contributed by atoms with E-state index in [1.165, 1.54) is 0 Å². The topological polar surface area (TPSA) is 38.3 Å². The fraction of sp³-hybridized carbons (Fsp3) is 0.750. The summed E-state index contributed by atoms with van der Waals surface area (Å²) in [6.07, 6.45) is 0. The second-order valence-corrected chi connectivity index (χ2v) is 1.19. The molecule has 0 aliphatic carbocycles. The van der Waals surface area contributed by atoms with Crippen molar-refractivity contribution < 1.29 is 9.53 Å². The van der Waals surface area contributed by atoms with E-state index >= 15 is 0 Å². The molecule has 0 aliphatic heterocycles. The number of rotatable bonds is 3. The van der Waals surface area contributed by atoms with E-state index in [2.05, 4.69) is 9.96 Å². The number of hydrogen-bond acceptors (Lipinski definition) is 3. The molecule has 0 aliphatic rings. The maximum absolute atomic E-state index is 10.3. The van der Waals surface area contributed by atoms with Crippen molar-refractivity contribution in [3.05, 3.63) is 0 Å². The van der Waals surface area contributed by atoms with Gasteiger partial charge in [0.25, 0.3) is 0 Å². The van der Waals surface area contributed by atoms with Crippen molar-refractivity contribution in [2.24, 2.45) is 0 Å². The molecule has 0 rings (SSSR count). The van der Waals surface area contributed by atoms with Crippen LogP contribution in [-0.4, -0.2) is 27.1 Å². The Balaban J connectivity index is 3.06. The normalized spacial score (nSPS) is 8.62. The Hall–Kier alpha value is -0.505. The smallest absolute Gasteiger partial charge is 0.318 e. The van der Waals surface area contributed by atoms with Gasteiger partial charge in [-0.1, -0.05) is 0 Å². The van der Waals surface area contributed by atoms with Crippen molar-refractivity contribution in [3.63, 3.8) is 0 Å². The largest absolute Gasteiger partial charge is 0.465 e. The molecule has 8 heavy (non-hydrogen) atoms. The molecule has 0 unspecified atom stereocenters. The Bertz CT molecular complexity index is 68.4. The predicted octanol–water partition coefficient (Wildman–Crippen LogP) is -0.777. The van der Waals surface area contributed by atoms with Crippen LogP contribution in [0.4, 0.5) is 0 Å². The first-order chi connectivity index (χ1) is 3.81. The van der Waals surface area contributed by atoms with Crippen LogP contribution in [-0.2, 0) is 9.53 Å². The summed E-state index contributed by atoms with van der Waals surface area (Å²) in [5.74, 6) is -0.324. The minimum atomic E-state index is -0.324. The zero-order valence-corrected chi connectivity index (χ0v) is 4.81. The van der Waals surface area contributed by atoms with E-state index < -0.39 is 0 Å². The molecule has 0 aromatic carbocycles. The molecule has 0 saturated carbocycles. The third kappa shape index (κ3) is 3.68. The van der Waals surface area contributed by atoms with Crippen LogP contribution in [0.3, 0.4) is 0 Å². The summed E-state index contributed by atoms with van der Waals surface area (Å²) in [7, 11) is 4.81. The second-order valence-electron chi connectivity index (χ2n) is 1.19. The lowest BCUT2D eigenvalue weighted by Crippen LogP contribution is -2.21. The standard InChI is InChI=1S/C4H8BNO2/c1-2-8-4(7)3-6-5/h6H,2-3H2,1H3. The third-order valence-electron chi connectivity index (χ3n) is 0.552. The summed E-state index contributed by atoms with van der Waals surface area (Å²) >= 11 is 0. The van der Waals surface area contributed by atoms with Crippen LogP contribution < -0.4 is 5.23 Å². The van der Waals surface area contributed by atoms with Crippen molar-refractivity contribution in [1.82, 2.24) is 5.23 Å². The number of carbonyl (C=O) groups excluding carboxylic acids is 1. The monoisotopic (exact) mass is 113 g/mol. The molecule has 4 heteroatoms. The van der Waals surface area contributed by atoms with E-state index in [0.717, 1.165) is 0 Å². The highest BCUT2D eigenvalue weighted by Crippen LogP contribution is 1.71. The van der Waals surface area contributed by atoms with Crippen LogP contribution in [0.15, 0.2) is 0 Å². The maximum Gasteiger partial charge on any atom is 0.318 e. The first kappa shape index (κ1) is 7.49. The predicted molar refractivity (Wildman–Crippen MR) is 30.4 cm³/mol. The SMILES string of the molecule is [B]NCC(=O)OCC. The van der Waals surface area contributed by atoms with E-state index in [9.17, 15) is 4.79 Å². The molecule has 0 aromatic rings. The van der Waals surface area contributed by atoms with Crippen molar-refractivity contribution >= 4 is 14.0 Å². The van der Waals surface area contributed by atoms with Gasteiger partial charge in [0, 0.05) is 0 Å². The molecule has 0 heterocycles. The highest BCUT2D eigenvalue weighted by molar-refractivity contribution is 6.05. The molecule has 2 radical (unpaired) electrons. The molecule has 0 aromatic heterocycles. The zero-order valence-electron chi connectivity index (χ0n) is 4.81. The second kappa shape index (κ2) is 4.65. The summed E-state index contributed by atoms with van der Waals surface area (Å²) in [4.78, 5) is 10.3. The van der Waals surface area contributed by atoms with E-state index in [4.69, 9.17) is 7.98 Å². The van der Waals surface area contributed by atoms with Crippen molar-refractivity contribution in [2.45, 2.75) is 6.92 Å². The maximum atomic E-state index is 10.3. The minimum Gasteiger partial charge on any atom is -0.465 e. The van der Waals surface area contributed by atoms with Gasteiger partial charge in [-0.3, -0.25) is 4.79 Å². The molecule has 3 nitrogen and oxygen atoms in total. The van der Waals surface area contributed by atoms with Crippen molar-refractivity contribution in [3.8, 4) is 0 Å². The van der Waals surface area contributed by atoms with Gasteiger partial charge < -0.3 is 9.96 Å².